The lowest BCUT2D eigenvalue weighted by atomic mass is 9.70. The Hall–Kier alpha value is -3.61. The molecule has 1 N–H and O–H groups in total. The van der Waals surface area contributed by atoms with Gasteiger partial charge in [0.25, 0.3) is 0 Å². The van der Waals surface area contributed by atoms with Crippen LogP contribution in [0, 0.1) is 22.7 Å². The molecule has 0 bridgehead atoms. The number of hydrogen-bond donors (Lipinski definition) is 1. The highest BCUT2D eigenvalue weighted by Crippen LogP contribution is 2.45. The molecule has 2 fully saturated rings. The number of fused-ring (bicyclic) bond motifs is 4. The first-order valence-corrected chi connectivity index (χ1v) is 12.6. The SMILES string of the molecule is CC1(C)c2cc(N3CCC(N4CCCC4)CC3)c(C#N)cc2C(=O)c2c1[nH]c1cc(C#N)ccc21. The molecule has 3 aromatic rings. The number of carbonyl (C=O) groups is 1. The van der Waals surface area contributed by atoms with Crippen molar-refractivity contribution < 1.29 is 4.79 Å². The Morgan fingerprint density at radius 2 is 1.74 bits per heavy atom. The van der Waals surface area contributed by atoms with Crippen LogP contribution >= 0.6 is 0 Å². The summed E-state index contributed by atoms with van der Waals surface area (Å²) in [5.41, 5.74) is 5.53. The van der Waals surface area contributed by atoms with Gasteiger partial charge >= 0.3 is 0 Å². The Morgan fingerprint density at radius 3 is 2.43 bits per heavy atom. The van der Waals surface area contributed by atoms with E-state index >= 15 is 0 Å². The van der Waals surface area contributed by atoms with E-state index in [-0.39, 0.29) is 5.78 Å². The molecule has 2 saturated heterocycles. The molecule has 3 aliphatic rings. The summed E-state index contributed by atoms with van der Waals surface area (Å²) in [5, 5.41) is 20.2. The molecule has 0 radical (unpaired) electrons. The van der Waals surface area contributed by atoms with Gasteiger partial charge < -0.3 is 14.8 Å². The lowest BCUT2D eigenvalue weighted by molar-refractivity contribution is 0.103. The zero-order valence-electron chi connectivity index (χ0n) is 20.3. The number of aromatic amines is 1. The van der Waals surface area contributed by atoms with E-state index < -0.39 is 5.41 Å². The van der Waals surface area contributed by atoms with Crippen molar-refractivity contribution in [1.29, 1.82) is 10.5 Å². The van der Waals surface area contributed by atoms with Gasteiger partial charge in [0.2, 0.25) is 0 Å². The number of hydrogen-bond acceptors (Lipinski definition) is 5. The largest absolute Gasteiger partial charge is 0.370 e. The number of piperidine rings is 1. The van der Waals surface area contributed by atoms with Gasteiger partial charge in [-0.3, -0.25) is 4.79 Å². The Morgan fingerprint density at radius 1 is 1.00 bits per heavy atom. The number of nitriles is 2. The number of ketones is 1. The second kappa shape index (κ2) is 7.97. The van der Waals surface area contributed by atoms with Crippen LogP contribution in [0.1, 0.15) is 77.8 Å². The van der Waals surface area contributed by atoms with E-state index in [1.54, 1.807) is 12.1 Å². The first-order valence-electron chi connectivity index (χ1n) is 12.6. The summed E-state index contributed by atoms with van der Waals surface area (Å²) in [7, 11) is 0. The van der Waals surface area contributed by atoms with Gasteiger partial charge in [-0.25, -0.2) is 0 Å². The maximum Gasteiger partial charge on any atom is 0.195 e. The van der Waals surface area contributed by atoms with Crippen molar-refractivity contribution in [1.82, 2.24) is 9.88 Å². The molecule has 2 aliphatic heterocycles. The summed E-state index contributed by atoms with van der Waals surface area (Å²) in [6, 6.07) is 14.5. The monoisotopic (exact) mass is 463 g/mol. The minimum absolute atomic E-state index is 0.0546. The second-order valence-corrected chi connectivity index (χ2v) is 10.7. The third-order valence-corrected chi connectivity index (χ3v) is 8.42. The predicted molar refractivity (Wildman–Crippen MR) is 136 cm³/mol. The van der Waals surface area contributed by atoms with Crippen LogP contribution in [0.3, 0.4) is 0 Å². The summed E-state index contributed by atoms with van der Waals surface area (Å²) in [6.45, 7) is 8.55. The van der Waals surface area contributed by atoms with Gasteiger partial charge in [-0.05, 0) is 68.6 Å². The van der Waals surface area contributed by atoms with Gasteiger partial charge in [0.15, 0.2) is 5.78 Å². The van der Waals surface area contributed by atoms with Crippen LogP contribution in [0.25, 0.3) is 10.9 Å². The molecule has 1 aromatic heterocycles. The first kappa shape index (κ1) is 21.9. The lowest BCUT2D eigenvalue weighted by Crippen LogP contribution is -2.44. The number of benzene rings is 2. The Balaban J connectivity index is 1.41. The van der Waals surface area contributed by atoms with Crippen molar-refractivity contribution in [3.8, 4) is 12.1 Å². The van der Waals surface area contributed by atoms with Gasteiger partial charge in [0.05, 0.1) is 28.4 Å². The van der Waals surface area contributed by atoms with Crippen molar-refractivity contribution in [2.24, 2.45) is 0 Å². The first-order chi connectivity index (χ1) is 16.9. The number of carbonyl (C=O) groups excluding carboxylic acids is 1. The minimum atomic E-state index is -0.443. The number of likely N-dealkylation sites (tertiary alicyclic amines) is 1. The number of H-pyrrole nitrogens is 1. The van der Waals surface area contributed by atoms with Crippen LogP contribution in [-0.2, 0) is 5.41 Å². The number of aromatic nitrogens is 1. The van der Waals surface area contributed by atoms with Crippen LogP contribution in [-0.4, -0.2) is 47.9 Å². The van der Waals surface area contributed by atoms with Gasteiger partial charge in [0, 0.05) is 46.7 Å². The Labute approximate surface area is 205 Å². The van der Waals surface area contributed by atoms with Crippen molar-refractivity contribution >= 4 is 22.4 Å². The normalized spacial score (nSPS) is 19.9. The lowest BCUT2D eigenvalue weighted by Gasteiger charge is -2.39. The van der Waals surface area contributed by atoms with E-state index in [2.05, 4.69) is 46.8 Å². The number of rotatable bonds is 2. The van der Waals surface area contributed by atoms with Crippen LogP contribution in [0.2, 0.25) is 0 Å². The summed E-state index contributed by atoms with van der Waals surface area (Å²) in [4.78, 5) is 22.2. The molecule has 35 heavy (non-hydrogen) atoms. The minimum Gasteiger partial charge on any atom is -0.370 e. The number of nitrogens with zero attached hydrogens (tertiary/aromatic N) is 4. The summed E-state index contributed by atoms with van der Waals surface area (Å²) in [6.07, 6.45) is 4.83. The van der Waals surface area contributed by atoms with Crippen LogP contribution in [0.5, 0.6) is 0 Å². The highest BCUT2D eigenvalue weighted by atomic mass is 16.1. The topological polar surface area (TPSA) is 86.9 Å². The highest BCUT2D eigenvalue weighted by Gasteiger charge is 2.41. The highest BCUT2D eigenvalue weighted by molar-refractivity contribution is 6.20. The maximum absolute atomic E-state index is 13.8. The van der Waals surface area contributed by atoms with E-state index in [4.69, 9.17) is 0 Å². The zero-order valence-corrected chi connectivity index (χ0v) is 20.3. The third-order valence-electron chi connectivity index (χ3n) is 8.42. The molecule has 1 aliphatic carbocycles. The van der Waals surface area contributed by atoms with Crippen LogP contribution in [0.4, 0.5) is 5.69 Å². The molecule has 0 atom stereocenters. The molecule has 0 spiro atoms. The van der Waals surface area contributed by atoms with Gasteiger partial charge in [0.1, 0.15) is 6.07 Å². The Kier molecular flexibility index (Phi) is 4.99. The summed E-state index contributed by atoms with van der Waals surface area (Å²) >= 11 is 0. The number of nitrogens with one attached hydrogen (secondary N) is 1. The molecule has 2 aromatic carbocycles. The van der Waals surface area contributed by atoms with E-state index in [0.717, 1.165) is 53.8 Å². The molecule has 6 heteroatoms. The molecule has 0 unspecified atom stereocenters. The average molecular weight is 464 g/mol. The molecule has 176 valence electrons. The summed E-state index contributed by atoms with van der Waals surface area (Å²) in [5.74, 6) is -0.0546. The van der Waals surface area contributed by atoms with Crippen molar-refractivity contribution in [3.05, 3.63) is 63.8 Å². The van der Waals surface area contributed by atoms with E-state index in [9.17, 15) is 15.3 Å². The maximum atomic E-state index is 13.8. The third kappa shape index (κ3) is 3.28. The Bertz CT molecular complexity index is 1440. The molecular weight excluding hydrogens is 434 g/mol. The number of anilines is 1. The molecular formula is C29H29N5O. The molecule has 0 amide bonds. The van der Waals surface area contributed by atoms with Crippen molar-refractivity contribution in [2.75, 3.05) is 31.1 Å². The quantitative estimate of drug-likeness (QED) is 0.587. The predicted octanol–water partition coefficient (Wildman–Crippen LogP) is 4.85. The van der Waals surface area contributed by atoms with E-state index in [1.807, 2.05) is 12.1 Å². The molecule has 3 heterocycles. The van der Waals surface area contributed by atoms with Gasteiger partial charge in [-0.2, -0.15) is 10.5 Å². The fourth-order valence-electron chi connectivity index (χ4n) is 6.46. The van der Waals surface area contributed by atoms with Gasteiger partial charge in [-0.15, -0.1) is 0 Å². The standard InChI is InChI=1S/C29H29N5O/c1-29(2)23-15-25(34-11-7-20(8-12-34)33-9-3-4-10-33)19(17-31)14-22(23)27(35)26-21-6-5-18(16-30)13-24(21)32-28(26)29/h5-6,13-15,20,32H,3-4,7-12H2,1-2H3. The van der Waals surface area contributed by atoms with E-state index in [1.165, 1.54) is 25.9 Å². The van der Waals surface area contributed by atoms with Crippen molar-refractivity contribution in [3.63, 3.8) is 0 Å². The fourth-order valence-corrected chi connectivity index (χ4v) is 6.46. The smallest absolute Gasteiger partial charge is 0.195 e. The zero-order chi connectivity index (χ0) is 24.3. The molecule has 6 nitrogen and oxygen atoms in total. The summed E-state index contributed by atoms with van der Waals surface area (Å²) < 4.78 is 0. The molecule has 6 rings (SSSR count). The second-order valence-electron chi connectivity index (χ2n) is 10.7. The van der Waals surface area contributed by atoms with Crippen LogP contribution < -0.4 is 4.90 Å². The van der Waals surface area contributed by atoms with Gasteiger partial charge in [-0.1, -0.05) is 19.9 Å². The average Bonchev–Trinajstić information content (AvgIpc) is 3.55. The molecule has 0 saturated carbocycles. The van der Waals surface area contributed by atoms with Crippen molar-refractivity contribution in [2.45, 2.75) is 51.0 Å². The van der Waals surface area contributed by atoms with Crippen LogP contribution in [0.15, 0.2) is 30.3 Å². The van der Waals surface area contributed by atoms with E-state index in [0.29, 0.717) is 28.3 Å². The fraction of sp³-hybridized carbons (Fsp3) is 0.414.